The molecule has 0 spiro atoms. The van der Waals surface area contributed by atoms with E-state index in [4.69, 9.17) is 21.4 Å². The molecule has 0 unspecified atom stereocenters. The molecule has 6 nitrogen and oxygen atoms in total. The third kappa shape index (κ3) is 3.76. The molecule has 2 aromatic rings. The number of carboxylic acid groups (broad SMARTS) is 1. The maximum absolute atomic E-state index is 11.3. The lowest BCUT2D eigenvalue weighted by molar-refractivity contribution is 0.0684. The van der Waals surface area contributed by atoms with Crippen LogP contribution in [0.1, 0.15) is 33.6 Å². The van der Waals surface area contributed by atoms with Crippen molar-refractivity contribution in [2.24, 2.45) is 0 Å². The lowest BCUT2D eigenvalue weighted by atomic mass is 10.1. The van der Waals surface area contributed by atoms with Crippen LogP contribution >= 0.6 is 11.6 Å². The molecule has 0 bridgehead atoms. The molecule has 108 valence electrons. The largest absolute Gasteiger partial charge is 0.486 e. The standard InChI is InChI=1S/C14H11ClN2O4/c1-8(18)11-6-16-12(17-13(11)14(19)20)7-21-10-4-2-9(15)3-5-10/h2-6H,7H2,1H3,(H,19,20). The van der Waals surface area contributed by atoms with E-state index in [0.717, 1.165) is 0 Å². The number of aromatic nitrogens is 2. The highest BCUT2D eigenvalue weighted by Gasteiger charge is 2.17. The van der Waals surface area contributed by atoms with Gasteiger partial charge in [0, 0.05) is 11.2 Å². The molecule has 0 aliphatic heterocycles. The van der Waals surface area contributed by atoms with Crippen molar-refractivity contribution in [3.63, 3.8) is 0 Å². The summed E-state index contributed by atoms with van der Waals surface area (Å²) in [4.78, 5) is 30.2. The molecule has 0 aliphatic rings. The van der Waals surface area contributed by atoms with Crippen molar-refractivity contribution < 1.29 is 19.4 Å². The number of carbonyl (C=O) groups is 2. The number of ether oxygens (including phenoxy) is 1. The lowest BCUT2D eigenvalue weighted by Gasteiger charge is -2.07. The van der Waals surface area contributed by atoms with Crippen molar-refractivity contribution in [2.45, 2.75) is 13.5 Å². The minimum absolute atomic E-state index is 0.0138. The second kappa shape index (κ2) is 6.32. The maximum atomic E-state index is 11.3. The summed E-state index contributed by atoms with van der Waals surface area (Å²) < 4.78 is 5.42. The van der Waals surface area contributed by atoms with E-state index in [1.165, 1.54) is 13.1 Å². The van der Waals surface area contributed by atoms with Crippen LogP contribution in [-0.4, -0.2) is 26.8 Å². The SMILES string of the molecule is CC(=O)c1cnc(COc2ccc(Cl)cc2)nc1C(=O)O. The fraction of sp³-hybridized carbons (Fsp3) is 0.143. The van der Waals surface area contributed by atoms with E-state index >= 15 is 0 Å². The number of Topliss-reactive ketones (excluding diaryl/α,β-unsaturated/α-hetero) is 1. The van der Waals surface area contributed by atoms with Crippen molar-refractivity contribution in [3.8, 4) is 5.75 Å². The number of rotatable bonds is 5. The molecule has 2 rings (SSSR count). The Morgan fingerprint density at radius 3 is 2.52 bits per heavy atom. The van der Waals surface area contributed by atoms with Crippen LogP contribution in [0.3, 0.4) is 0 Å². The van der Waals surface area contributed by atoms with Crippen LogP contribution in [0.25, 0.3) is 0 Å². The highest BCUT2D eigenvalue weighted by atomic mass is 35.5. The molecule has 1 heterocycles. The average Bonchev–Trinajstić information content (AvgIpc) is 2.46. The predicted octanol–water partition coefficient (Wildman–Crippen LogP) is 2.61. The minimum Gasteiger partial charge on any atom is -0.486 e. The zero-order chi connectivity index (χ0) is 15.4. The van der Waals surface area contributed by atoms with E-state index in [-0.39, 0.29) is 23.7 Å². The first-order chi connectivity index (χ1) is 9.97. The third-order valence-electron chi connectivity index (χ3n) is 2.60. The Hall–Kier alpha value is -2.47. The Morgan fingerprint density at radius 1 is 1.29 bits per heavy atom. The van der Waals surface area contributed by atoms with E-state index in [1.807, 2.05) is 0 Å². The minimum atomic E-state index is -1.28. The summed E-state index contributed by atoms with van der Waals surface area (Å²) in [6.45, 7) is 1.25. The topological polar surface area (TPSA) is 89.4 Å². The molecule has 21 heavy (non-hydrogen) atoms. The lowest BCUT2D eigenvalue weighted by Crippen LogP contribution is -2.13. The number of ketones is 1. The van der Waals surface area contributed by atoms with Gasteiger partial charge in [-0.15, -0.1) is 0 Å². The van der Waals surface area contributed by atoms with E-state index < -0.39 is 11.8 Å². The Kier molecular flexibility index (Phi) is 4.49. The summed E-state index contributed by atoms with van der Waals surface area (Å²) in [5, 5.41) is 9.64. The van der Waals surface area contributed by atoms with Gasteiger partial charge < -0.3 is 9.84 Å². The van der Waals surface area contributed by atoms with Gasteiger partial charge in [0.1, 0.15) is 12.4 Å². The summed E-state index contributed by atoms with van der Waals surface area (Å²) in [7, 11) is 0. The normalized spacial score (nSPS) is 10.2. The second-order valence-corrected chi connectivity index (χ2v) is 4.59. The summed E-state index contributed by atoms with van der Waals surface area (Å²) in [6, 6.07) is 6.67. The molecular weight excluding hydrogens is 296 g/mol. The van der Waals surface area contributed by atoms with Crippen molar-refractivity contribution in [2.75, 3.05) is 0 Å². The van der Waals surface area contributed by atoms with Crippen LogP contribution in [-0.2, 0) is 6.61 Å². The Bertz CT molecular complexity index is 686. The first-order valence-electron chi connectivity index (χ1n) is 5.96. The summed E-state index contributed by atoms with van der Waals surface area (Å²) in [5.74, 6) is -0.962. The number of nitrogens with zero attached hydrogens (tertiary/aromatic N) is 2. The summed E-state index contributed by atoms with van der Waals surface area (Å²) in [5.41, 5.74) is -0.357. The molecule has 0 atom stereocenters. The molecule has 1 aromatic carbocycles. The van der Waals surface area contributed by atoms with Crippen molar-refractivity contribution >= 4 is 23.4 Å². The zero-order valence-corrected chi connectivity index (χ0v) is 11.8. The molecule has 0 radical (unpaired) electrons. The van der Waals surface area contributed by atoms with E-state index in [0.29, 0.717) is 10.8 Å². The Morgan fingerprint density at radius 2 is 1.95 bits per heavy atom. The maximum Gasteiger partial charge on any atom is 0.355 e. The van der Waals surface area contributed by atoms with E-state index in [9.17, 15) is 9.59 Å². The molecule has 0 fully saturated rings. The smallest absolute Gasteiger partial charge is 0.355 e. The zero-order valence-electron chi connectivity index (χ0n) is 11.0. The number of carboxylic acids is 1. The van der Waals surface area contributed by atoms with Crippen LogP contribution in [0.2, 0.25) is 5.02 Å². The van der Waals surface area contributed by atoms with Crippen LogP contribution < -0.4 is 4.74 Å². The van der Waals surface area contributed by atoms with E-state index in [1.54, 1.807) is 24.3 Å². The quantitative estimate of drug-likeness (QED) is 0.854. The molecule has 0 amide bonds. The number of benzene rings is 1. The first kappa shape index (κ1) is 14.9. The van der Waals surface area contributed by atoms with Crippen molar-refractivity contribution in [3.05, 3.63) is 52.6 Å². The highest BCUT2D eigenvalue weighted by molar-refractivity contribution is 6.30. The van der Waals surface area contributed by atoms with Gasteiger partial charge in [-0.25, -0.2) is 14.8 Å². The van der Waals surface area contributed by atoms with Crippen LogP contribution in [0.4, 0.5) is 0 Å². The molecular formula is C14H11ClN2O4. The van der Waals surface area contributed by atoms with Gasteiger partial charge in [-0.3, -0.25) is 4.79 Å². The van der Waals surface area contributed by atoms with Gasteiger partial charge in [-0.2, -0.15) is 0 Å². The number of hydrogen-bond acceptors (Lipinski definition) is 5. The first-order valence-corrected chi connectivity index (χ1v) is 6.33. The summed E-state index contributed by atoms with van der Waals surface area (Å²) in [6.07, 6.45) is 1.19. The molecule has 0 saturated heterocycles. The number of hydrogen-bond donors (Lipinski definition) is 1. The van der Waals surface area contributed by atoms with Crippen molar-refractivity contribution in [1.82, 2.24) is 9.97 Å². The Balaban J connectivity index is 2.17. The number of carbonyl (C=O) groups excluding carboxylic acids is 1. The van der Waals surface area contributed by atoms with E-state index in [2.05, 4.69) is 9.97 Å². The number of aromatic carboxylic acids is 1. The fourth-order valence-electron chi connectivity index (χ4n) is 1.59. The van der Waals surface area contributed by atoms with Crippen molar-refractivity contribution in [1.29, 1.82) is 0 Å². The Labute approximate surface area is 125 Å². The van der Waals surface area contributed by atoms with Gasteiger partial charge in [-0.05, 0) is 31.2 Å². The molecule has 1 aromatic heterocycles. The van der Waals surface area contributed by atoms with Gasteiger partial charge in [0.2, 0.25) is 0 Å². The fourth-order valence-corrected chi connectivity index (χ4v) is 1.71. The van der Waals surface area contributed by atoms with Gasteiger partial charge >= 0.3 is 5.97 Å². The third-order valence-corrected chi connectivity index (χ3v) is 2.85. The molecule has 0 saturated carbocycles. The molecule has 7 heteroatoms. The average molecular weight is 307 g/mol. The van der Waals surface area contributed by atoms with Crippen LogP contribution in [0.5, 0.6) is 5.75 Å². The van der Waals surface area contributed by atoms with Crippen LogP contribution in [0.15, 0.2) is 30.5 Å². The second-order valence-electron chi connectivity index (χ2n) is 4.15. The monoisotopic (exact) mass is 306 g/mol. The molecule has 1 N–H and O–H groups in total. The predicted molar refractivity (Wildman–Crippen MR) is 74.8 cm³/mol. The summed E-state index contributed by atoms with van der Waals surface area (Å²) >= 11 is 5.75. The number of halogens is 1. The van der Waals surface area contributed by atoms with Gasteiger partial charge in [0.05, 0.1) is 5.56 Å². The highest BCUT2D eigenvalue weighted by Crippen LogP contribution is 2.16. The molecule has 0 aliphatic carbocycles. The van der Waals surface area contributed by atoms with Gasteiger partial charge in [-0.1, -0.05) is 11.6 Å². The van der Waals surface area contributed by atoms with Gasteiger partial charge in [0.25, 0.3) is 0 Å². The van der Waals surface area contributed by atoms with Gasteiger partial charge in [0.15, 0.2) is 17.3 Å². The van der Waals surface area contributed by atoms with Crippen LogP contribution in [0, 0.1) is 0 Å².